The number of rotatable bonds is 3. The standard InChI is InChI=1S/C13H16BrN3O/c1-9(8-14)16(2)13(18)12-10-6-4-5-7-11(10)17(3)15-12/h4-7,9H,8H2,1-3H3. The molecule has 2 aromatic rings. The van der Waals surface area contributed by atoms with E-state index in [1.807, 2.05) is 38.2 Å². The summed E-state index contributed by atoms with van der Waals surface area (Å²) in [5.74, 6) is -0.0428. The van der Waals surface area contributed by atoms with Crippen LogP contribution in [0.2, 0.25) is 0 Å². The summed E-state index contributed by atoms with van der Waals surface area (Å²) in [6.07, 6.45) is 0. The molecule has 1 amide bonds. The number of nitrogens with zero attached hydrogens (tertiary/aromatic N) is 3. The van der Waals surface area contributed by atoms with E-state index in [9.17, 15) is 4.79 Å². The van der Waals surface area contributed by atoms with Gasteiger partial charge in [-0.2, -0.15) is 5.10 Å². The second-order valence-electron chi connectivity index (χ2n) is 4.41. The lowest BCUT2D eigenvalue weighted by molar-refractivity contribution is 0.0753. The van der Waals surface area contributed by atoms with Crippen LogP contribution in [0.4, 0.5) is 0 Å². The average Bonchev–Trinajstić information content (AvgIpc) is 2.74. The molecule has 2 rings (SSSR count). The van der Waals surface area contributed by atoms with Gasteiger partial charge in [0.25, 0.3) is 5.91 Å². The third kappa shape index (κ3) is 2.14. The maximum atomic E-state index is 12.4. The summed E-state index contributed by atoms with van der Waals surface area (Å²) < 4.78 is 1.75. The van der Waals surface area contributed by atoms with Gasteiger partial charge in [-0.1, -0.05) is 34.1 Å². The van der Waals surface area contributed by atoms with Crippen molar-refractivity contribution < 1.29 is 4.79 Å². The molecule has 0 aliphatic rings. The number of hydrogen-bond acceptors (Lipinski definition) is 2. The van der Waals surface area contributed by atoms with E-state index in [2.05, 4.69) is 21.0 Å². The Labute approximate surface area is 115 Å². The molecule has 18 heavy (non-hydrogen) atoms. The number of amides is 1. The summed E-state index contributed by atoms with van der Waals surface area (Å²) >= 11 is 3.39. The molecular weight excluding hydrogens is 294 g/mol. The molecule has 0 radical (unpaired) electrons. The predicted octanol–water partition coefficient (Wildman–Crippen LogP) is 2.43. The van der Waals surface area contributed by atoms with Crippen LogP contribution in [-0.2, 0) is 7.05 Å². The van der Waals surface area contributed by atoms with Crippen molar-refractivity contribution in [1.82, 2.24) is 14.7 Å². The quantitative estimate of drug-likeness (QED) is 0.817. The van der Waals surface area contributed by atoms with Crippen LogP contribution in [0.1, 0.15) is 17.4 Å². The predicted molar refractivity (Wildman–Crippen MR) is 76.1 cm³/mol. The largest absolute Gasteiger partial charge is 0.337 e. The minimum atomic E-state index is -0.0428. The molecule has 0 saturated heterocycles. The highest BCUT2D eigenvalue weighted by atomic mass is 79.9. The van der Waals surface area contributed by atoms with E-state index in [1.54, 1.807) is 16.6 Å². The molecule has 1 heterocycles. The molecule has 1 unspecified atom stereocenters. The Balaban J connectivity index is 2.45. The normalized spacial score (nSPS) is 12.7. The zero-order chi connectivity index (χ0) is 13.3. The van der Waals surface area contributed by atoms with Crippen molar-refractivity contribution in [2.75, 3.05) is 12.4 Å². The first-order valence-corrected chi connectivity index (χ1v) is 6.93. The number of hydrogen-bond donors (Lipinski definition) is 0. The monoisotopic (exact) mass is 309 g/mol. The van der Waals surface area contributed by atoms with Crippen LogP contribution in [0.3, 0.4) is 0 Å². The van der Waals surface area contributed by atoms with Gasteiger partial charge >= 0.3 is 0 Å². The fourth-order valence-corrected chi connectivity index (χ4v) is 2.28. The van der Waals surface area contributed by atoms with Crippen molar-refractivity contribution >= 4 is 32.7 Å². The molecule has 4 nitrogen and oxygen atoms in total. The number of aromatic nitrogens is 2. The van der Waals surface area contributed by atoms with Crippen molar-refractivity contribution in [3.63, 3.8) is 0 Å². The lowest BCUT2D eigenvalue weighted by Crippen LogP contribution is -2.36. The Morgan fingerprint density at radius 1 is 1.50 bits per heavy atom. The Bertz CT molecular complexity index is 579. The van der Waals surface area contributed by atoms with Crippen molar-refractivity contribution in [3.8, 4) is 0 Å². The van der Waals surface area contributed by atoms with Gasteiger partial charge in [0.2, 0.25) is 0 Å². The van der Waals surface area contributed by atoms with Crippen molar-refractivity contribution in [1.29, 1.82) is 0 Å². The highest BCUT2D eigenvalue weighted by Gasteiger charge is 2.22. The highest BCUT2D eigenvalue weighted by Crippen LogP contribution is 2.19. The number of carbonyl (C=O) groups excluding carboxylic acids is 1. The van der Waals surface area contributed by atoms with Crippen molar-refractivity contribution in [3.05, 3.63) is 30.0 Å². The summed E-state index contributed by atoms with van der Waals surface area (Å²) in [5.41, 5.74) is 1.49. The second kappa shape index (κ2) is 5.10. The molecule has 0 saturated carbocycles. The Hall–Kier alpha value is -1.36. The molecule has 1 atom stereocenters. The third-order valence-electron chi connectivity index (χ3n) is 3.17. The minimum absolute atomic E-state index is 0.0428. The highest BCUT2D eigenvalue weighted by molar-refractivity contribution is 9.09. The molecule has 1 aromatic carbocycles. The van der Waals surface area contributed by atoms with E-state index in [4.69, 9.17) is 0 Å². The zero-order valence-electron chi connectivity index (χ0n) is 10.7. The van der Waals surface area contributed by atoms with Gasteiger partial charge in [0, 0.05) is 30.9 Å². The molecule has 0 bridgehead atoms. The Morgan fingerprint density at radius 2 is 2.17 bits per heavy atom. The lowest BCUT2D eigenvalue weighted by Gasteiger charge is -2.22. The topological polar surface area (TPSA) is 38.1 Å². The van der Waals surface area contributed by atoms with E-state index in [0.717, 1.165) is 16.2 Å². The molecule has 0 fully saturated rings. The summed E-state index contributed by atoms with van der Waals surface area (Å²) in [4.78, 5) is 14.1. The first-order valence-electron chi connectivity index (χ1n) is 5.81. The number of benzene rings is 1. The molecule has 1 aromatic heterocycles. The SMILES string of the molecule is CC(CBr)N(C)C(=O)c1nn(C)c2ccccc12. The third-order valence-corrected chi connectivity index (χ3v) is 4.10. The first-order chi connectivity index (χ1) is 8.56. The first kappa shape index (κ1) is 13.1. The molecule has 0 aliphatic heterocycles. The van der Waals surface area contributed by atoms with Crippen LogP contribution >= 0.6 is 15.9 Å². The Morgan fingerprint density at radius 3 is 2.83 bits per heavy atom. The van der Waals surface area contributed by atoms with Gasteiger partial charge in [-0.15, -0.1) is 0 Å². The number of carbonyl (C=O) groups is 1. The Kier molecular flexibility index (Phi) is 3.71. The molecule has 0 aliphatic carbocycles. The van der Waals surface area contributed by atoms with Crippen LogP contribution in [0.15, 0.2) is 24.3 Å². The van der Waals surface area contributed by atoms with Gasteiger partial charge in [0.1, 0.15) is 0 Å². The number of fused-ring (bicyclic) bond motifs is 1. The molecule has 0 N–H and O–H groups in total. The molecule has 96 valence electrons. The van der Waals surface area contributed by atoms with Gasteiger partial charge in [-0.05, 0) is 13.0 Å². The maximum absolute atomic E-state index is 12.4. The molecular formula is C13H16BrN3O. The van der Waals surface area contributed by atoms with E-state index in [-0.39, 0.29) is 11.9 Å². The number of para-hydroxylation sites is 1. The van der Waals surface area contributed by atoms with Crippen LogP contribution in [-0.4, -0.2) is 39.0 Å². The second-order valence-corrected chi connectivity index (χ2v) is 5.06. The van der Waals surface area contributed by atoms with Crippen LogP contribution in [0.25, 0.3) is 10.9 Å². The fourth-order valence-electron chi connectivity index (χ4n) is 1.84. The van der Waals surface area contributed by atoms with E-state index < -0.39 is 0 Å². The van der Waals surface area contributed by atoms with E-state index in [0.29, 0.717) is 5.69 Å². The van der Waals surface area contributed by atoms with Gasteiger partial charge in [0.15, 0.2) is 5.69 Å². The van der Waals surface area contributed by atoms with Gasteiger partial charge in [-0.25, -0.2) is 0 Å². The van der Waals surface area contributed by atoms with Crippen LogP contribution < -0.4 is 0 Å². The van der Waals surface area contributed by atoms with Gasteiger partial charge in [-0.3, -0.25) is 9.48 Å². The van der Waals surface area contributed by atoms with Crippen LogP contribution in [0, 0.1) is 0 Å². The zero-order valence-corrected chi connectivity index (χ0v) is 12.3. The van der Waals surface area contributed by atoms with E-state index >= 15 is 0 Å². The number of halogens is 1. The smallest absolute Gasteiger partial charge is 0.275 e. The number of alkyl halides is 1. The molecule has 5 heteroatoms. The lowest BCUT2D eigenvalue weighted by atomic mass is 10.2. The summed E-state index contributed by atoms with van der Waals surface area (Å²) in [7, 11) is 3.66. The van der Waals surface area contributed by atoms with Gasteiger partial charge in [0.05, 0.1) is 5.52 Å². The maximum Gasteiger partial charge on any atom is 0.275 e. The fraction of sp³-hybridized carbons (Fsp3) is 0.385. The van der Waals surface area contributed by atoms with E-state index in [1.165, 1.54) is 0 Å². The number of aryl methyl sites for hydroxylation is 1. The summed E-state index contributed by atoms with van der Waals surface area (Å²) in [5, 5.41) is 5.99. The minimum Gasteiger partial charge on any atom is -0.337 e. The summed E-state index contributed by atoms with van der Waals surface area (Å²) in [6.45, 7) is 2.00. The summed E-state index contributed by atoms with van der Waals surface area (Å²) in [6, 6.07) is 7.91. The van der Waals surface area contributed by atoms with Gasteiger partial charge < -0.3 is 4.90 Å². The van der Waals surface area contributed by atoms with Crippen LogP contribution in [0.5, 0.6) is 0 Å². The molecule has 0 spiro atoms. The average molecular weight is 310 g/mol. The van der Waals surface area contributed by atoms with Crippen molar-refractivity contribution in [2.24, 2.45) is 7.05 Å². The van der Waals surface area contributed by atoms with Crippen molar-refractivity contribution in [2.45, 2.75) is 13.0 Å².